The zero-order valence-corrected chi connectivity index (χ0v) is 10.6. The Balaban J connectivity index is 2.21. The van der Waals surface area contributed by atoms with Crippen LogP contribution in [-0.4, -0.2) is 21.4 Å². The first-order chi connectivity index (χ1) is 8.60. The summed E-state index contributed by atoms with van der Waals surface area (Å²) in [6.45, 7) is 3.85. The van der Waals surface area contributed by atoms with Gasteiger partial charge in [0, 0.05) is 11.3 Å². The molecule has 3 N–H and O–H groups in total. The van der Waals surface area contributed by atoms with E-state index >= 15 is 0 Å². The van der Waals surface area contributed by atoms with Crippen molar-refractivity contribution in [3.05, 3.63) is 29.7 Å². The number of hydrogen-bond donors (Lipinski definition) is 2. The van der Waals surface area contributed by atoms with Gasteiger partial charge in [-0.25, -0.2) is 0 Å². The van der Waals surface area contributed by atoms with Gasteiger partial charge in [-0.15, -0.1) is 0 Å². The summed E-state index contributed by atoms with van der Waals surface area (Å²) in [6, 6.07) is 5.64. The second-order valence-corrected chi connectivity index (χ2v) is 4.35. The predicted octanol–water partition coefficient (Wildman–Crippen LogP) is 1.94. The summed E-state index contributed by atoms with van der Waals surface area (Å²) in [5, 5.41) is 13.4. The van der Waals surface area contributed by atoms with E-state index in [2.05, 4.69) is 10.1 Å². The second-order valence-electron chi connectivity index (χ2n) is 4.35. The molecule has 2 rings (SSSR count). The van der Waals surface area contributed by atoms with E-state index in [9.17, 15) is 5.11 Å². The summed E-state index contributed by atoms with van der Waals surface area (Å²) in [4.78, 5) is 4.25. The molecule has 0 aliphatic heterocycles. The van der Waals surface area contributed by atoms with Crippen molar-refractivity contribution in [2.45, 2.75) is 32.8 Å². The third-order valence-corrected chi connectivity index (χ3v) is 2.89. The summed E-state index contributed by atoms with van der Waals surface area (Å²) >= 11 is 0. The Morgan fingerprint density at radius 3 is 2.89 bits per heavy atom. The molecule has 0 aliphatic rings. The minimum atomic E-state index is -0.443. The van der Waals surface area contributed by atoms with Crippen molar-refractivity contribution in [1.29, 1.82) is 0 Å². The maximum Gasteiger partial charge on any atom is 0.229 e. The quantitative estimate of drug-likeness (QED) is 0.806. The first-order valence-corrected chi connectivity index (χ1v) is 5.97. The van der Waals surface area contributed by atoms with E-state index in [1.807, 2.05) is 32.0 Å². The van der Waals surface area contributed by atoms with Gasteiger partial charge < -0.3 is 15.4 Å². The first-order valence-electron chi connectivity index (χ1n) is 5.97. The number of rotatable bonds is 4. The number of aliphatic hydroxyl groups is 1. The molecule has 5 nitrogen and oxygen atoms in total. The van der Waals surface area contributed by atoms with E-state index in [1.54, 1.807) is 0 Å². The lowest BCUT2D eigenvalue weighted by Gasteiger charge is -2.02. The molecule has 1 atom stereocenters. The highest BCUT2D eigenvalue weighted by atomic mass is 16.5. The summed E-state index contributed by atoms with van der Waals surface area (Å²) in [5.74, 6) is 0.943. The van der Waals surface area contributed by atoms with Crippen LogP contribution in [0.4, 0.5) is 5.69 Å². The molecule has 0 spiro atoms. The van der Waals surface area contributed by atoms with Gasteiger partial charge in [-0.05, 0) is 25.0 Å². The molecule has 0 saturated heterocycles. The zero-order chi connectivity index (χ0) is 13.1. The molecule has 0 saturated carbocycles. The van der Waals surface area contributed by atoms with Gasteiger partial charge in [-0.1, -0.05) is 24.2 Å². The van der Waals surface area contributed by atoms with E-state index in [4.69, 9.17) is 10.3 Å². The Bertz CT molecular complexity index is 537. The highest BCUT2D eigenvalue weighted by Crippen LogP contribution is 2.21. The molecule has 0 aliphatic carbocycles. The van der Waals surface area contributed by atoms with Crippen LogP contribution in [0.5, 0.6) is 0 Å². The van der Waals surface area contributed by atoms with E-state index in [0.29, 0.717) is 30.2 Å². The molecule has 2 aromatic rings. The van der Waals surface area contributed by atoms with Crippen LogP contribution in [0.2, 0.25) is 0 Å². The molecule has 0 unspecified atom stereocenters. The van der Waals surface area contributed by atoms with Crippen LogP contribution in [0, 0.1) is 6.92 Å². The van der Waals surface area contributed by atoms with Crippen molar-refractivity contribution in [2.75, 3.05) is 5.73 Å². The lowest BCUT2D eigenvalue weighted by Crippen LogP contribution is -2.08. The normalized spacial score (nSPS) is 12.6. The van der Waals surface area contributed by atoms with Crippen LogP contribution in [0.25, 0.3) is 11.4 Å². The Labute approximate surface area is 106 Å². The SMILES string of the molecule is CC[C@@H](O)Cc1nc(-c2ccc(C)c(N)c2)no1. The van der Waals surface area contributed by atoms with Crippen LogP contribution in [-0.2, 0) is 6.42 Å². The maximum absolute atomic E-state index is 9.52. The molecular formula is C13H17N3O2. The van der Waals surface area contributed by atoms with Crippen molar-refractivity contribution in [2.24, 2.45) is 0 Å². The number of hydrogen-bond acceptors (Lipinski definition) is 5. The number of nitrogens with two attached hydrogens (primary N) is 1. The number of nitrogen functional groups attached to an aromatic ring is 1. The molecule has 96 valence electrons. The average Bonchev–Trinajstić information content (AvgIpc) is 2.81. The van der Waals surface area contributed by atoms with Gasteiger partial charge >= 0.3 is 0 Å². The minimum Gasteiger partial charge on any atom is -0.398 e. The van der Waals surface area contributed by atoms with Gasteiger partial charge in [0.05, 0.1) is 12.5 Å². The number of nitrogens with zero attached hydrogens (tertiary/aromatic N) is 2. The van der Waals surface area contributed by atoms with Gasteiger partial charge in [0.25, 0.3) is 0 Å². The summed E-state index contributed by atoms with van der Waals surface area (Å²) in [5.41, 5.74) is 8.38. The lowest BCUT2D eigenvalue weighted by atomic mass is 10.1. The smallest absolute Gasteiger partial charge is 0.229 e. The fourth-order valence-corrected chi connectivity index (χ4v) is 1.58. The number of benzene rings is 1. The fraction of sp³-hybridized carbons (Fsp3) is 0.385. The fourth-order valence-electron chi connectivity index (χ4n) is 1.58. The molecule has 0 radical (unpaired) electrons. The van der Waals surface area contributed by atoms with Crippen molar-refractivity contribution in [3.63, 3.8) is 0 Å². The van der Waals surface area contributed by atoms with Crippen LogP contribution >= 0.6 is 0 Å². The van der Waals surface area contributed by atoms with Crippen LogP contribution in [0.15, 0.2) is 22.7 Å². The van der Waals surface area contributed by atoms with Crippen LogP contribution in [0.3, 0.4) is 0 Å². The van der Waals surface area contributed by atoms with Crippen molar-refractivity contribution in [1.82, 2.24) is 10.1 Å². The van der Waals surface area contributed by atoms with E-state index < -0.39 is 6.10 Å². The highest BCUT2D eigenvalue weighted by molar-refractivity contribution is 5.63. The molecule has 1 aromatic heterocycles. The van der Waals surface area contributed by atoms with Crippen molar-refractivity contribution < 1.29 is 9.63 Å². The molecular weight excluding hydrogens is 230 g/mol. The van der Waals surface area contributed by atoms with Gasteiger partial charge in [-0.2, -0.15) is 4.98 Å². The van der Waals surface area contributed by atoms with E-state index in [0.717, 1.165) is 11.1 Å². The Hall–Kier alpha value is -1.88. The number of aliphatic hydroxyl groups excluding tert-OH is 1. The minimum absolute atomic E-state index is 0.380. The number of anilines is 1. The lowest BCUT2D eigenvalue weighted by molar-refractivity contribution is 0.158. The maximum atomic E-state index is 9.52. The largest absolute Gasteiger partial charge is 0.398 e. The summed E-state index contributed by atoms with van der Waals surface area (Å²) in [7, 11) is 0. The third kappa shape index (κ3) is 2.68. The first kappa shape index (κ1) is 12.6. The van der Waals surface area contributed by atoms with E-state index in [-0.39, 0.29) is 0 Å². The summed E-state index contributed by atoms with van der Waals surface area (Å²) < 4.78 is 5.10. The zero-order valence-electron chi connectivity index (χ0n) is 10.6. The van der Waals surface area contributed by atoms with E-state index in [1.165, 1.54) is 0 Å². The molecule has 5 heteroatoms. The Kier molecular flexibility index (Phi) is 3.62. The molecule has 1 aromatic carbocycles. The molecule has 0 bridgehead atoms. The number of aryl methyl sites for hydroxylation is 1. The van der Waals surface area contributed by atoms with Gasteiger partial charge in [-0.3, -0.25) is 0 Å². The van der Waals surface area contributed by atoms with Gasteiger partial charge in [0.1, 0.15) is 0 Å². The molecule has 0 fully saturated rings. The topological polar surface area (TPSA) is 85.2 Å². The Morgan fingerprint density at radius 1 is 1.44 bits per heavy atom. The molecule has 1 heterocycles. The van der Waals surface area contributed by atoms with Gasteiger partial charge in [0.15, 0.2) is 0 Å². The summed E-state index contributed by atoms with van der Waals surface area (Å²) in [6.07, 6.45) is 0.599. The number of aromatic nitrogens is 2. The molecule has 0 amide bonds. The third-order valence-electron chi connectivity index (χ3n) is 2.89. The second kappa shape index (κ2) is 5.18. The predicted molar refractivity (Wildman–Crippen MR) is 68.9 cm³/mol. The van der Waals surface area contributed by atoms with Crippen LogP contribution in [0.1, 0.15) is 24.8 Å². The highest BCUT2D eigenvalue weighted by Gasteiger charge is 2.12. The average molecular weight is 247 g/mol. The molecule has 18 heavy (non-hydrogen) atoms. The van der Waals surface area contributed by atoms with Crippen LogP contribution < -0.4 is 5.73 Å². The monoisotopic (exact) mass is 247 g/mol. The van der Waals surface area contributed by atoms with Crippen molar-refractivity contribution >= 4 is 5.69 Å². The Morgan fingerprint density at radius 2 is 2.22 bits per heavy atom. The van der Waals surface area contributed by atoms with Crippen molar-refractivity contribution in [3.8, 4) is 11.4 Å². The standard InChI is InChI=1S/C13H17N3O2/c1-3-10(17)7-12-15-13(16-18-12)9-5-4-8(2)11(14)6-9/h4-6,10,17H,3,7,14H2,1-2H3/t10-/m1/s1. The van der Waals surface area contributed by atoms with Gasteiger partial charge in [0.2, 0.25) is 11.7 Å².